The van der Waals surface area contributed by atoms with Crippen molar-refractivity contribution in [3.8, 4) is 11.3 Å². The normalized spacial score (nSPS) is 11.8. The van der Waals surface area contributed by atoms with E-state index in [4.69, 9.17) is 4.98 Å². The highest BCUT2D eigenvalue weighted by molar-refractivity contribution is 7.90. The molecule has 0 saturated carbocycles. The van der Waals surface area contributed by atoms with Gasteiger partial charge in [-0.1, -0.05) is 12.1 Å². The number of nitrogens with zero attached hydrogens (tertiary/aromatic N) is 4. The molecule has 0 aliphatic heterocycles. The summed E-state index contributed by atoms with van der Waals surface area (Å²) in [5, 5.41) is 10.4. The van der Waals surface area contributed by atoms with Gasteiger partial charge >= 0.3 is 0 Å². The van der Waals surface area contributed by atoms with E-state index in [0.717, 1.165) is 22.7 Å². The van der Waals surface area contributed by atoms with Gasteiger partial charge in [-0.2, -0.15) is 5.10 Å². The number of aryl methyl sites for hydroxylation is 2. The van der Waals surface area contributed by atoms with Gasteiger partial charge in [-0.15, -0.1) is 0 Å². The second-order valence-corrected chi connectivity index (χ2v) is 8.79. The molecule has 4 aromatic rings. The smallest absolute Gasteiger partial charge is 0.209 e. The fraction of sp³-hybridized carbons (Fsp3) is 0.211. The molecule has 9 heteroatoms. The lowest BCUT2D eigenvalue weighted by Crippen LogP contribution is -2.07. The molecule has 4 rings (SSSR count). The van der Waals surface area contributed by atoms with Crippen molar-refractivity contribution in [2.45, 2.75) is 25.3 Å². The summed E-state index contributed by atoms with van der Waals surface area (Å²) in [6, 6.07) is 10.6. The summed E-state index contributed by atoms with van der Waals surface area (Å²) in [5.74, 6) is 0.610. The van der Waals surface area contributed by atoms with Gasteiger partial charge in [0.05, 0.1) is 28.5 Å². The van der Waals surface area contributed by atoms with Crippen LogP contribution >= 0.6 is 0 Å². The van der Waals surface area contributed by atoms with Crippen LogP contribution in [0.15, 0.2) is 47.5 Å². The molecular formula is C19H20N6O2S. The van der Waals surface area contributed by atoms with Gasteiger partial charge in [-0.25, -0.2) is 18.4 Å². The van der Waals surface area contributed by atoms with Gasteiger partial charge < -0.3 is 5.32 Å². The zero-order valence-corrected chi connectivity index (χ0v) is 16.6. The van der Waals surface area contributed by atoms with E-state index in [0.29, 0.717) is 23.8 Å². The van der Waals surface area contributed by atoms with E-state index in [1.54, 1.807) is 18.2 Å². The van der Waals surface area contributed by atoms with Crippen LogP contribution in [-0.2, 0) is 16.4 Å². The van der Waals surface area contributed by atoms with Crippen LogP contribution in [0.2, 0.25) is 0 Å². The summed E-state index contributed by atoms with van der Waals surface area (Å²) < 4.78 is 25.7. The lowest BCUT2D eigenvalue weighted by Gasteiger charge is -2.10. The molecule has 0 fully saturated rings. The summed E-state index contributed by atoms with van der Waals surface area (Å²) in [5.41, 5.74) is 4.80. The van der Waals surface area contributed by atoms with Crippen LogP contribution in [0.3, 0.4) is 0 Å². The van der Waals surface area contributed by atoms with Crippen LogP contribution in [0.5, 0.6) is 0 Å². The van der Waals surface area contributed by atoms with Gasteiger partial charge in [0.1, 0.15) is 5.65 Å². The predicted octanol–water partition coefficient (Wildman–Crippen LogP) is 2.75. The van der Waals surface area contributed by atoms with E-state index >= 15 is 0 Å². The topological polar surface area (TPSA) is 105 Å². The van der Waals surface area contributed by atoms with E-state index in [9.17, 15) is 8.42 Å². The first-order valence-electron chi connectivity index (χ1n) is 8.71. The van der Waals surface area contributed by atoms with Gasteiger partial charge in [0.15, 0.2) is 9.84 Å². The third-order valence-electron chi connectivity index (χ3n) is 4.32. The number of aromatic amines is 1. The minimum Gasteiger partial charge on any atom is -0.350 e. The molecule has 0 atom stereocenters. The van der Waals surface area contributed by atoms with Crippen molar-refractivity contribution in [2.24, 2.45) is 0 Å². The minimum absolute atomic E-state index is 0.257. The fourth-order valence-corrected chi connectivity index (χ4v) is 3.67. The molecular weight excluding hydrogens is 376 g/mol. The number of benzene rings is 1. The molecule has 1 aromatic carbocycles. The van der Waals surface area contributed by atoms with Crippen LogP contribution in [0.1, 0.15) is 17.1 Å². The number of anilines is 1. The lowest BCUT2D eigenvalue weighted by molar-refractivity contribution is 0.602. The maximum atomic E-state index is 11.9. The van der Waals surface area contributed by atoms with Crippen molar-refractivity contribution in [3.05, 3.63) is 59.7 Å². The number of hydrogen-bond acceptors (Lipinski definition) is 6. The summed E-state index contributed by atoms with van der Waals surface area (Å²) >= 11 is 0. The first-order valence-corrected chi connectivity index (χ1v) is 10.6. The molecule has 2 N–H and O–H groups in total. The van der Waals surface area contributed by atoms with Gasteiger partial charge in [0.25, 0.3) is 0 Å². The molecule has 0 aliphatic rings. The first-order chi connectivity index (χ1) is 13.3. The van der Waals surface area contributed by atoms with Gasteiger partial charge in [0.2, 0.25) is 5.95 Å². The third kappa shape index (κ3) is 3.61. The summed E-state index contributed by atoms with van der Waals surface area (Å²) in [6.45, 7) is 4.36. The monoisotopic (exact) mass is 396 g/mol. The van der Waals surface area contributed by atoms with Crippen molar-refractivity contribution in [2.75, 3.05) is 11.6 Å². The minimum atomic E-state index is -3.30. The molecule has 8 nitrogen and oxygen atoms in total. The van der Waals surface area contributed by atoms with Crippen molar-refractivity contribution in [3.63, 3.8) is 0 Å². The Labute approximate surface area is 162 Å². The van der Waals surface area contributed by atoms with E-state index in [1.807, 2.05) is 42.6 Å². The molecule has 3 heterocycles. The Morgan fingerprint density at radius 3 is 2.68 bits per heavy atom. The van der Waals surface area contributed by atoms with E-state index in [2.05, 4.69) is 20.5 Å². The Morgan fingerprint density at radius 1 is 1.14 bits per heavy atom. The summed E-state index contributed by atoms with van der Waals surface area (Å²) in [6.07, 6.45) is 3.09. The molecule has 0 aliphatic carbocycles. The molecule has 3 aromatic heterocycles. The largest absolute Gasteiger partial charge is 0.350 e. The third-order valence-corrected chi connectivity index (χ3v) is 5.43. The Kier molecular flexibility index (Phi) is 4.38. The van der Waals surface area contributed by atoms with Crippen molar-refractivity contribution in [1.29, 1.82) is 0 Å². The number of nitrogens with one attached hydrogen (secondary N) is 2. The quantitative estimate of drug-likeness (QED) is 0.537. The molecule has 0 unspecified atom stereocenters. The predicted molar refractivity (Wildman–Crippen MR) is 107 cm³/mol. The number of imidazole rings is 1. The van der Waals surface area contributed by atoms with Crippen LogP contribution in [0, 0.1) is 13.8 Å². The second kappa shape index (κ2) is 6.75. The number of aromatic nitrogens is 5. The van der Waals surface area contributed by atoms with Crippen molar-refractivity contribution in [1.82, 2.24) is 24.6 Å². The molecule has 0 bridgehead atoms. The highest BCUT2D eigenvalue weighted by atomic mass is 32.2. The highest BCUT2D eigenvalue weighted by Crippen LogP contribution is 2.24. The Bertz CT molecular complexity index is 1270. The number of H-pyrrole nitrogens is 1. The Balaban J connectivity index is 1.77. The van der Waals surface area contributed by atoms with Crippen LogP contribution in [-0.4, -0.2) is 39.2 Å². The van der Waals surface area contributed by atoms with Crippen LogP contribution in [0.4, 0.5) is 5.95 Å². The number of hydrogen-bond donors (Lipinski definition) is 2. The number of sulfone groups is 1. The van der Waals surface area contributed by atoms with E-state index in [-0.39, 0.29) is 4.90 Å². The van der Waals surface area contributed by atoms with Crippen LogP contribution in [0.25, 0.3) is 16.9 Å². The fourth-order valence-electron chi connectivity index (χ4n) is 3.00. The molecule has 0 spiro atoms. The second-order valence-electron chi connectivity index (χ2n) is 6.77. The maximum Gasteiger partial charge on any atom is 0.209 e. The highest BCUT2D eigenvalue weighted by Gasteiger charge is 2.13. The average molecular weight is 396 g/mol. The summed E-state index contributed by atoms with van der Waals surface area (Å²) in [4.78, 5) is 9.50. The van der Waals surface area contributed by atoms with Crippen molar-refractivity contribution >= 4 is 21.4 Å². The first kappa shape index (κ1) is 18.2. The molecule has 0 amide bonds. The van der Waals surface area contributed by atoms with Crippen molar-refractivity contribution < 1.29 is 8.42 Å². The average Bonchev–Trinajstić information content (AvgIpc) is 3.23. The zero-order valence-electron chi connectivity index (χ0n) is 15.8. The Morgan fingerprint density at radius 2 is 1.96 bits per heavy atom. The SMILES string of the molecule is Cc1cn2c(NCc3cc(C)[nH]n3)nc(-c3cccc(S(C)(=O)=O)c3)cc2n1. The lowest BCUT2D eigenvalue weighted by atomic mass is 10.1. The maximum absolute atomic E-state index is 11.9. The molecule has 28 heavy (non-hydrogen) atoms. The zero-order chi connectivity index (χ0) is 19.9. The standard InChI is InChI=1S/C19H20N6O2S/c1-12-7-15(24-23-12)10-20-19-22-17(9-18-21-13(2)11-25(18)19)14-5-4-6-16(8-14)28(3,26)27/h4-9,11H,10H2,1-3H3,(H,20,22)(H,23,24). The number of fused-ring (bicyclic) bond motifs is 1. The van der Waals surface area contributed by atoms with Gasteiger partial charge in [0, 0.05) is 29.8 Å². The molecule has 0 radical (unpaired) electrons. The van der Waals surface area contributed by atoms with E-state index in [1.165, 1.54) is 6.26 Å². The Hall–Kier alpha value is -3.20. The van der Waals surface area contributed by atoms with Gasteiger partial charge in [-0.3, -0.25) is 9.50 Å². The number of rotatable bonds is 5. The van der Waals surface area contributed by atoms with E-state index < -0.39 is 9.84 Å². The van der Waals surface area contributed by atoms with Crippen LogP contribution < -0.4 is 5.32 Å². The molecule has 144 valence electrons. The molecule has 0 saturated heterocycles. The summed E-state index contributed by atoms with van der Waals surface area (Å²) in [7, 11) is -3.30. The van der Waals surface area contributed by atoms with Gasteiger partial charge in [-0.05, 0) is 32.0 Å².